The number of carbonyl (C=O) groups is 1. The zero-order valence-electron chi connectivity index (χ0n) is 14.6. The number of hydrogen-bond acceptors (Lipinski definition) is 4. The van der Waals surface area contributed by atoms with Gasteiger partial charge in [-0.3, -0.25) is 9.78 Å². The Morgan fingerprint density at radius 3 is 2.60 bits per heavy atom. The molecule has 0 bridgehead atoms. The molecule has 25 heavy (non-hydrogen) atoms. The summed E-state index contributed by atoms with van der Waals surface area (Å²) in [5.41, 5.74) is 2.22. The Balaban J connectivity index is 1.63. The average Bonchev–Trinajstić information content (AvgIpc) is 2.65. The Morgan fingerprint density at radius 2 is 1.88 bits per heavy atom. The number of nitrogens with one attached hydrogen (secondary N) is 2. The standard InChI is InChI=1S/C20H25N3O2/c1-2-25-18-10-8-16(9-11-18)22-17-12-13-21-19(14-17)20(24)23-15-6-4-3-5-7-15/h8-15H,2-7H2,1H3,(H,21,22)(H,23,24). The van der Waals surface area contributed by atoms with Crippen molar-refractivity contribution in [2.75, 3.05) is 11.9 Å². The van der Waals surface area contributed by atoms with Gasteiger partial charge in [0.05, 0.1) is 6.61 Å². The van der Waals surface area contributed by atoms with Crippen LogP contribution in [0.15, 0.2) is 42.6 Å². The van der Waals surface area contributed by atoms with E-state index in [-0.39, 0.29) is 11.9 Å². The van der Waals surface area contributed by atoms with Crippen molar-refractivity contribution in [2.45, 2.75) is 45.1 Å². The molecule has 1 aliphatic carbocycles. The third-order valence-corrected chi connectivity index (χ3v) is 4.39. The van der Waals surface area contributed by atoms with Crippen LogP contribution in [0, 0.1) is 0 Å². The van der Waals surface area contributed by atoms with Crippen molar-refractivity contribution in [1.82, 2.24) is 10.3 Å². The summed E-state index contributed by atoms with van der Waals surface area (Å²) in [4.78, 5) is 16.6. The molecule has 5 heteroatoms. The van der Waals surface area contributed by atoms with Crippen LogP contribution in [0.25, 0.3) is 0 Å². The number of amides is 1. The summed E-state index contributed by atoms with van der Waals surface area (Å²) < 4.78 is 5.44. The Hall–Kier alpha value is -2.56. The molecule has 0 radical (unpaired) electrons. The van der Waals surface area contributed by atoms with Gasteiger partial charge >= 0.3 is 0 Å². The molecule has 1 aliphatic rings. The number of benzene rings is 1. The molecule has 0 spiro atoms. The maximum absolute atomic E-state index is 12.4. The van der Waals surface area contributed by atoms with Crippen LogP contribution in [-0.2, 0) is 0 Å². The van der Waals surface area contributed by atoms with Gasteiger partial charge in [0.2, 0.25) is 0 Å². The van der Waals surface area contributed by atoms with E-state index in [1.807, 2.05) is 37.3 Å². The van der Waals surface area contributed by atoms with Crippen molar-refractivity contribution >= 4 is 17.3 Å². The number of carbonyl (C=O) groups excluding carboxylic acids is 1. The van der Waals surface area contributed by atoms with Crippen molar-refractivity contribution in [1.29, 1.82) is 0 Å². The first-order valence-corrected chi connectivity index (χ1v) is 9.01. The molecule has 2 aromatic rings. The Kier molecular flexibility index (Phi) is 5.88. The summed E-state index contributed by atoms with van der Waals surface area (Å²) in [6.07, 6.45) is 7.44. The van der Waals surface area contributed by atoms with Gasteiger partial charge in [-0.1, -0.05) is 19.3 Å². The average molecular weight is 339 g/mol. The lowest BCUT2D eigenvalue weighted by atomic mass is 9.95. The molecule has 5 nitrogen and oxygen atoms in total. The molecule has 1 heterocycles. The van der Waals surface area contributed by atoms with Gasteiger partial charge in [0.25, 0.3) is 5.91 Å². The van der Waals surface area contributed by atoms with Crippen LogP contribution in [-0.4, -0.2) is 23.5 Å². The highest BCUT2D eigenvalue weighted by Gasteiger charge is 2.17. The minimum Gasteiger partial charge on any atom is -0.494 e. The van der Waals surface area contributed by atoms with Gasteiger partial charge in [-0.05, 0) is 56.2 Å². The molecule has 1 aromatic heterocycles. The lowest BCUT2D eigenvalue weighted by Crippen LogP contribution is -2.36. The molecule has 1 aromatic carbocycles. The number of anilines is 2. The van der Waals surface area contributed by atoms with Gasteiger partial charge < -0.3 is 15.4 Å². The second-order valence-electron chi connectivity index (χ2n) is 6.32. The molecule has 132 valence electrons. The molecule has 3 rings (SSSR count). The molecule has 2 N–H and O–H groups in total. The second-order valence-corrected chi connectivity index (χ2v) is 6.32. The van der Waals surface area contributed by atoms with Crippen LogP contribution in [0.2, 0.25) is 0 Å². The van der Waals surface area contributed by atoms with E-state index < -0.39 is 0 Å². The smallest absolute Gasteiger partial charge is 0.270 e. The van der Waals surface area contributed by atoms with Gasteiger partial charge in [-0.25, -0.2) is 0 Å². The first kappa shape index (κ1) is 17.3. The number of nitrogens with zero attached hydrogens (tertiary/aromatic N) is 1. The van der Waals surface area contributed by atoms with E-state index >= 15 is 0 Å². The SMILES string of the molecule is CCOc1ccc(Nc2ccnc(C(=O)NC3CCCCC3)c2)cc1. The normalized spacial score (nSPS) is 14.8. The van der Waals surface area contributed by atoms with Gasteiger partial charge in [-0.2, -0.15) is 0 Å². The Bertz CT molecular complexity index is 694. The second kappa shape index (κ2) is 8.51. The quantitative estimate of drug-likeness (QED) is 0.824. The first-order chi connectivity index (χ1) is 12.2. The van der Waals surface area contributed by atoms with E-state index in [9.17, 15) is 4.79 Å². The minimum absolute atomic E-state index is 0.0951. The van der Waals surface area contributed by atoms with Crippen LogP contribution >= 0.6 is 0 Å². The highest BCUT2D eigenvalue weighted by atomic mass is 16.5. The van der Waals surface area contributed by atoms with Gasteiger partial charge in [0.1, 0.15) is 11.4 Å². The van der Waals surface area contributed by atoms with Crippen molar-refractivity contribution in [2.24, 2.45) is 0 Å². The molecular formula is C20H25N3O2. The number of pyridine rings is 1. The minimum atomic E-state index is -0.0951. The summed E-state index contributed by atoms with van der Waals surface area (Å²) in [7, 11) is 0. The molecule has 0 atom stereocenters. The van der Waals surface area contributed by atoms with Crippen molar-refractivity contribution in [3.63, 3.8) is 0 Å². The van der Waals surface area contributed by atoms with Gasteiger partial charge in [-0.15, -0.1) is 0 Å². The number of rotatable bonds is 6. The molecule has 1 amide bonds. The number of hydrogen-bond donors (Lipinski definition) is 2. The zero-order valence-corrected chi connectivity index (χ0v) is 14.6. The molecule has 1 fully saturated rings. The molecular weight excluding hydrogens is 314 g/mol. The Labute approximate surface area is 148 Å². The van der Waals surface area contributed by atoms with Crippen molar-refractivity contribution < 1.29 is 9.53 Å². The fourth-order valence-electron chi connectivity index (χ4n) is 3.11. The summed E-state index contributed by atoms with van der Waals surface area (Å²) in [6.45, 7) is 2.61. The molecule has 1 saturated carbocycles. The van der Waals surface area contributed by atoms with Gasteiger partial charge in [0.15, 0.2) is 0 Å². The Morgan fingerprint density at radius 1 is 1.12 bits per heavy atom. The predicted molar refractivity (Wildman–Crippen MR) is 99.5 cm³/mol. The number of ether oxygens (including phenoxy) is 1. The van der Waals surface area contributed by atoms with Crippen LogP contribution in [0.3, 0.4) is 0 Å². The summed E-state index contributed by atoms with van der Waals surface area (Å²) in [5.74, 6) is 0.748. The van der Waals surface area contributed by atoms with Crippen LogP contribution in [0.1, 0.15) is 49.5 Å². The third kappa shape index (κ3) is 4.95. The van der Waals surface area contributed by atoms with Crippen molar-refractivity contribution in [3.8, 4) is 5.75 Å². The van der Waals surface area contributed by atoms with E-state index in [0.29, 0.717) is 12.3 Å². The molecule has 0 aliphatic heterocycles. The van der Waals surface area contributed by atoms with Crippen LogP contribution in [0.5, 0.6) is 5.75 Å². The van der Waals surface area contributed by atoms with E-state index in [0.717, 1.165) is 30.0 Å². The first-order valence-electron chi connectivity index (χ1n) is 9.01. The summed E-state index contributed by atoms with van der Waals surface area (Å²) in [5, 5.41) is 6.40. The van der Waals surface area contributed by atoms with E-state index in [4.69, 9.17) is 4.74 Å². The number of aromatic nitrogens is 1. The van der Waals surface area contributed by atoms with Crippen LogP contribution < -0.4 is 15.4 Å². The fraction of sp³-hybridized carbons (Fsp3) is 0.400. The lowest BCUT2D eigenvalue weighted by Gasteiger charge is -2.22. The topological polar surface area (TPSA) is 63.2 Å². The third-order valence-electron chi connectivity index (χ3n) is 4.39. The summed E-state index contributed by atoms with van der Waals surface area (Å²) >= 11 is 0. The van der Waals surface area contributed by atoms with E-state index in [2.05, 4.69) is 15.6 Å². The maximum atomic E-state index is 12.4. The van der Waals surface area contributed by atoms with Crippen LogP contribution in [0.4, 0.5) is 11.4 Å². The molecule has 0 unspecified atom stereocenters. The highest BCUT2D eigenvalue weighted by Crippen LogP contribution is 2.21. The fourth-order valence-corrected chi connectivity index (χ4v) is 3.11. The molecule has 0 saturated heterocycles. The van der Waals surface area contributed by atoms with E-state index in [1.54, 1.807) is 12.3 Å². The highest BCUT2D eigenvalue weighted by molar-refractivity contribution is 5.93. The lowest BCUT2D eigenvalue weighted by molar-refractivity contribution is 0.0922. The van der Waals surface area contributed by atoms with Gasteiger partial charge in [0, 0.05) is 23.6 Å². The van der Waals surface area contributed by atoms with Crippen molar-refractivity contribution in [3.05, 3.63) is 48.3 Å². The maximum Gasteiger partial charge on any atom is 0.270 e. The predicted octanol–water partition coefficient (Wildman–Crippen LogP) is 4.29. The monoisotopic (exact) mass is 339 g/mol. The largest absolute Gasteiger partial charge is 0.494 e. The van der Waals surface area contributed by atoms with E-state index in [1.165, 1.54) is 19.3 Å². The summed E-state index contributed by atoms with van der Waals surface area (Å²) in [6, 6.07) is 11.7. The zero-order chi connectivity index (χ0) is 17.5.